The minimum Gasteiger partial charge on any atom is -0.497 e. The van der Waals surface area contributed by atoms with Crippen molar-refractivity contribution in [3.8, 4) is 5.75 Å². The van der Waals surface area contributed by atoms with Crippen LogP contribution in [0.15, 0.2) is 42.5 Å². The Balaban J connectivity index is 1.79. The Morgan fingerprint density at radius 1 is 1.14 bits per heavy atom. The van der Waals surface area contributed by atoms with Gasteiger partial charge < -0.3 is 9.47 Å². The van der Waals surface area contributed by atoms with Crippen molar-refractivity contribution in [1.82, 2.24) is 0 Å². The summed E-state index contributed by atoms with van der Waals surface area (Å²) in [7, 11) is 1.62. The van der Waals surface area contributed by atoms with Crippen LogP contribution < -0.4 is 9.64 Å². The molecule has 4 rings (SSSR count). The number of methoxy groups -OCH3 is 1. The van der Waals surface area contributed by atoms with E-state index in [4.69, 9.17) is 21.1 Å². The first-order chi connectivity index (χ1) is 13.6. The lowest BCUT2D eigenvalue weighted by Gasteiger charge is -2.24. The van der Waals surface area contributed by atoms with Crippen molar-refractivity contribution < 1.29 is 19.1 Å². The van der Waals surface area contributed by atoms with Gasteiger partial charge in [0.2, 0.25) is 5.91 Å². The summed E-state index contributed by atoms with van der Waals surface area (Å²) in [6.07, 6.45) is -0.671. The summed E-state index contributed by atoms with van der Waals surface area (Å²) in [5.74, 6) is 0.512. The van der Waals surface area contributed by atoms with Crippen molar-refractivity contribution in [2.45, 2.75) is 44.6 Å². The van der Waals surface area contributed by atoms with Crippen molar-refractivity contribution in [3.05, 3.63) is 58.6 Å². The second-order valence-electron chi connectivity index (χ2n) is 8.69. The second kappa shape index (κ2) is 6.49. The first kappa shape index (κ1) is 19.8. The van der Waals surface area contributed by atoms with Gasteiger partial charge in [-0.25, -0.2) is 9.69 Å². The van der Waals surface area contributed by atoms with E-state index >= 15 is 0 Å². The molecule has 3 atom stereocenters. The number of ether oxygens (including phenoxy) is 2. The number of amides is 2. The Labute approximate surface area is 175 Å². The molecule has 1 spiro atoms. The maximum absolute atomic E-state index is 13.7. The molecule has 29 heavy (non-hydrogen) atoms. The molecule has 0 N–H and O–H groups in total. The number of benzene rings is 2. The molecule has 2 aliphatic rings. The molecule has 0 radical (unpaired) electrons. The molecule has 1 fully saturated rings. The van der Waals surface area contributed by atoms with E-state index in [1.54, 1.807) is 40.0 Å². The van der Waals surface area contributed by atoms with Crippen molar-refractivity contribution in [3.63, 3.8) is 0 Å². The van der Waals surface area contributed by atoms with Crippen LogP contribution >= 0.6 is 11.6 Å². The number of imide groups is 1. The van der Waals surface area contributed by atoms with Gasteiger partial charge in [-0.3, -0.25) is 4.79 Å². The molecular formula is C23H24ClNO4. The van der Waals surface area contributed by atoms with Crippen LogP contribution in [0.1, 0.15) is 44.7 Å². The van der Waals surface area contributed by atoms with Crippen LogP contribution in [-0.4, -0.2) is 24.7 Å². The number of hydrogen-bond acceptors (Lipinski definition) is 4. The third-order valence-electron chi connectivity index (χ3n) is 5.85. The molecule has 2 aromatic rings. The zero-order chi connectivity index (χ0) is 21.1. The summed E-state index contributed by atoms with van der Waals surface area (Å²) >= 11 is 6.21. The van der Waals surface area contributed by atoms with Crippen LogP contribution in [0, 0.1) is 5.92 Å². The number of carbonyl (C=O) groups is 2. The molecule has 1 aliphatic heterocycles. The third kappa shape index (κ3) is 2.91. The molecular weight excluding hydrogens is 390 g/mol. The van der Waals surface area contributed by atoms with Gasteiger partial charge in [-0.2, -0.15) is 0 Å². The topological polar surface area (TPSA) is 55.8 Å². The summed E-state index contributed by atoms with van der Waals surface area (Å²) in [6, 6.07) is 13.0. The Bertz CT molecular complexity index is 995. The number of anilines is 1. The highest BCUT2D eigenvalue weighted by Crippen LogP contribution is 2.70. The van der Waals surface area contributed by atoms with Crippen molar-refractivity contribution >= 4 is 29.3 Å². The first-order valence-electron chi connectivity index (χ1n) is 9.62. The predicted molar refractivity (Wildman–Crippen MR) is 112 cm³/mol. The van der Waals surface area contributed by atoms with E-state index in [1.165, 1.54) is 0 Å². The summed E-state index contributed by atoms with van der Waals surface area (Å²) < 4.78 is 10.8. The second-order valence-corrected chi connectivity index (χ2v) is 9.13. The zero-order valence-electron chi connectivity index (χ0n) is 17.2. The van der Waals surface area contributed by atoms with E-state index < -0.39 is 17.1 Å². The summed E-state index contributed by atoms with van der Waals surface area (Å²) in [5.41, 5.74) is 0.881. The van der Waals surface area contributed by atoms with Gasteiger partial charge in [0.05, 0.1) is 18.2 Å². The minimum absolute atomic E-state index is 0.0340. The average molecular weight is 414 g/mol. The lowest BCUT2D eigenvalue weighted by molar-refractivity contribution is -0.120. The monoisotopic (exact) mass is 413 g/mol. The van der Waals surface area contributed by atoms with Gasteiger partial charge in [0, 0.05) is 10.9 Å². The highest BCUT2D eigenvalue weighted by molar-refractivity contribution is 6.32. The van der Waals surface area contributed by atoms with Gasteiger partial charge >= 0.3 is 6.09 Å². The lowest BCUT2D eigenvalue weighted by Crippen LogP contribution is -2.41. The molecule has 152 valence electrons. The molecule has 0 unspecified atom stereocenters. The first-order valence-corrected chi connectivity index (χ1v) is 10.0. The fraction of sp³-hybridized carbons (Fsp3) is 0.391. The highest BCUT2D eigenvalue weighted by atomic mass is 35.5. The van der Waals surface area contributed by atoms with Gasteiger partial charge in [-0.15, -0.1) is 0 Å². The molecule has 0 saturated heterocycles. The lowest BCUT2D eigenvalue weighted by atomic mass is 9.91. The number of carbonyl (C=O) groups excluding carboxylic acids is 2. The van der Waals surface area contributed by atoms with E-state index in [0.29, 0.717) is 10.7 Å². The quantitative estimate of drug-likeness (QED) is 0.670. The van der Waals surface area contributed by atoms with Gasteiger partial charge in [0.25, 0.3) is 0 Å². The summed E-state index contributed by atoms with van der Waals surface area (Å²) in [5, 5.41) is 0.469. The predicted octanol–water partition coefficient (Wildman–Crippen LogP) is 5.30. The van der Waals surface area contributed by atoms with Gasteiger partial charge in [-0.05, 0) is 62.1 Å². The van der Waals surface area contributed by atoms with E-state index in [1.807, 2.05) is 37.3 Å². The van der Waals surface area contributed by atoms with Crippen molar-refractivity contribution in [2.24, 2.45) is 5.92 Å². The van der Waals surface area contributed by atoms with Crippen molar-refractivity contribution in [2.75, 3.05) is 12.0 Å². The summed E-state index contributed by atoms with van der Waals surface area (Å²) in [4.78, 5) is 27.7. The number of halogens is 1. The summed E-state index contributed by atoms with van der Waals surface area (Å²) in [6.45, 7) is 7.38. The SMILES string of the molecule is COc1ccc([C@H]2[C@H](C)[C@]23C(=O)N(C(=O)OC(C)(C)C)c2cc(Cl)ccc23)cc1. The largest absolute Gasteiger partial charge is 0.497 e. The van der Waals surface area contributed by atoms with Crippen LogP contribution in [0.25, 0.3) is 0 Å². The van der Waals surface area contributed by atoms with E-state index in [-0.39, 0.29) is 17.7 Å². The molecule has 1 aliphatic carbocycles. The maximum Gasteiger partial charge on any atom is 0.421 e. The molecule has 1 saturated carbocycles. The van der Waals surface area contributed by atoms with Crippen molar-refractivity contribution in [1.29, 1.82) is 0 Å². The van der Waals surface area contributed by atoms with Gasteiger partial charge in [0.1, 0.15) is 11.4 Å². The number of rotatable bonds is 2. The highest BCUT2D eigenvalue weighted by Gasteiger charge is 2.73. The van der Waals surface area contributed by atoms with Crippen LogP contribution in [0.5, 0.6) is 5.75 Å². The van der Waals surface area contributed by atoms with Crippen LogP contribution in [0.2, 0.25) is 5.02 Å². The fourth-order valence-electron chi connectivity index (χ4n) is 4.60. The Hall–Kier alpha value is -2.53. The third-order valence-corrected chi connectivity index (χ3v) is 6.09. The Morgan fingerprint density at radius 3 is 2.38 bits per heavy atom. The minimum atomic E-state index is -0.786. The van der Waals surface area contributed by atoms with E-state index in [2.05, 4.69) is 0 Å². The number of nitrogens with zero attached hydrogens (tertiary/aromatic N) is 1. The molecule has 2 amide bonds. The smallest absolute Gasteiger partial charge is 0.421 e. The number of fused-ring (bicyclic) bond motifs is 2. The Morgan fingerprint density at radius 2 is 1.79 bits per heavy atom. The molecule has 0 aromatic heterocycles. The van der Waals surface area contributed by atoms with Gasteiger partial charge in [-0.1, -0.05) is 36.7 Å². The molecule has 1 heterocycles. The standard InChI is InChI=1S/C23H24ClNO4/c1-13-19(14-6-9-16(28-5)10-7-14)23(13)17-11-8-15(24)12-18(17)25(20(23)26)21(27)29-22(2,3)4/h6-13,19H,1-5H3/t13-,19+,23+/m0/s1. The van der Waals surface area contributed by atoms with Crippen LogP contribution in [-0.2, 0) is 14.9 Å². The normalized spacial score (nSPS) is 25.2. The van der Waals surface area contributed by atoms with Crippen LogP contribution in [0.3, 0.4) is 0 Å². The fourth-order valence-corrected chi connectivity index (χ4v) is 4.77. The maximum atomic E-state index is 13.7. The average Bonchev–Trinajstić information content (AvgIpc) is 3.17. The number of hydrogen-bond donors (Lipinski definition) is 0. The van der Waals surface area contributed by atoms with E-state index in [0.717, 1.165) is 21.8 Å². The molecule has 6 heteroatoms. The molecule has 5 nitrogen and oxygen atoms in total. The zero-order valence-corrected chi connectivity index (χ0v) is 17.9. The molecule has 0 bridgehead atoms. The van der Waals surface area contributed by atoms with Crippen LogP contribution in [0.4, 0.5) is 10.5 Å². The van der Waals surface area contributed by atoms with Gasteiger partial charge in [0.15, 0.2) is 0 Å². The molecule has 2 aromatic carbocycles. The Kier molecular flexibility index (Phi) is 4.43. The van der Waals surface area contributed by atoms with E-state index in [9.17, 15) is 9.59 Å².